The molecule has 0 saturated heterocycles. The first-order valence-electron chi connectivity index (χ1n) is 2.79. The lowest BCUT2D eigenvalue weighted by molar-refractivity contribution is 0.546. The molecule has 0 spiro atoms. The molecular weight excluding hydrogens is 133 g/mol. The number of rotatable bonds is 2. The van der Waals surface area contributed by atoms with Gasteiger partial charge in [0.05, 0.1) is 0 Å². The molecule has 0 saturated carbocycles. The van der Waals surface area contributed by atoms with Gasteiger partial charge in [-0.3, -0.25) is 4.79 Å². The van der Waals surface area contributed by atoms with Crippen molar-refractivity contribution in [2.24, 2.45) is 0 Å². The van der Waals surface area contributed by atoms with Crippen LogP contribution in [0.2, 0.25) is 0 Å². The number of nitrogens with zero attached hydrogens (tertiary/aromatic N) is 1. The topological polar surface area (TPSA) is 30.0 Å². The predicted octanol–water partition coefficient (Wildman–Crippen LogP) is 0.873. The molecule has 2 nitrogen and oxygen atoms in total. The van der Waals surface area contributed by atoms with Crippen molar-refractivity contribution in [2.45, 2.75) is 6.42 Å². The minimum Gasteiger partial charge on any atom is -0.291 e. The van der Waals surface area contributed by atoms with Crippen LogP contribution in [0.5, 0.6) is 0 Å². The van der Waals surface area contributed by atoms with Gasteiger partial charge in [0.2, 0.25) is 12.2 Å². The summed E-state index contributed by atoms with van der Waals surface area (Å²) in [7, 11) is 0. The molecule has 1 aromatic heterocycles. The normalized spacial score (nSPS) is 9.30. The first-order chi connectivity index (χ1) is 4.84. The van der Waals surface area contributed by atoms with Crippen molar-refractivity contribution in [1.82, 2.24) is 4.98 Å². The second-order valence-corrected chi connectivity index (χ2v) is 1.77. The number of hydrogen-bond acceptors (Lipinski definition) is 2. The summed E-state index contributed by atoms with van der Waals surface area (Å²) in [6.07, 6.45) is 2.90. The van der Waals surface area contributed by atoms with E-state index < -0.39 is 5.95 Å². The van der Waals surface area contributed by atoms with Crippen LogP contribution in [0, 0.1) is 5.95 Å². The molecule has 0 aliphatic rings. The maximum absolute atomic E-state index is 12.5. The Morgan fingerprint density at radius 2 is 2.50 bits per heavy atom. The summed E-state index contributed by atoms with van der Waals surface area (Å²) in [4.78, 5) is 13.2. The van der Waals surface area contributed by atoms with E-state index in [4.69, 9.17) is 0 Å². The summed E-state index contributed by atoms with van der Waals surface area (Å²) in [6.45, 7) is 0. The minimum atomic E-state index is -0.592. The number of halogens is 1. The first kappa shape index (κ1) is 6.86. The highest BCUT2D eigenvalue weighted by molar-refractivity contribution is 5.55. The molecule has 0 aliphatic carbocycles. The van der Waals surface area contributed by atoms with Crippen molar-refractivity contribution in [3.8, 4) is 0 Å². The number of pyridine rings is 1. The van der Waals surface area contributed by atoms with Gasteiger partial charge in [-0.2, -0.15) is 4.39 Å². The van der Waals surface area contributed by atoms with E-state index in [0.29, 0.717) is 0 Å². The molecule has 51 valence electrons. The highest BCUT2D eigenvalue weighted by Crippen LogP contribution is 2.01. The van der Waals surface area contributed by atoms with Gasteiger partial charge in [-0.25, -0.2) is 4.98 Å². The van der Waals surface area contributed by atoms with Crippen LogP contribution in [0.1, 0.15) is 5.56 Å². The second-order valence-electron chi connectivity index (χ2n) is 1.77. The lowest BCUT2D eigenvalue weighted by Crippen LogP contribution is -1.92. The van der Waals surface area contributed by atoms with E-state index in [1.54, 1.807) is 12.4 Å². The molecule has 0 bridgehead atoms. The molecule has 1 rings (SSSR count). The molecule has 1 heterocycles. The van der Waals surface area contributed by atoms with E-state index in [1.807, 2.05) is 0 Å². The van der Waals surface area contributed by atoms with E-state index >= 15 is 0 Å². The van der Waals surface area contributed by atoms with Crippen molar-refractivity contribution >= 4 is 6.29 Å². The third kappa shape index (κ3) is 1.37. The SMILES string of the molecule is O=[C]Cc1cccnc1F. The molecule has 0 aromatic carbocycles. The minimum absolute atomic E-state index is 0.0281. The van der Waals surface area contributed by atoms with Crippen molar-refractivity contribution in [3.63, 3.8) is 0 Å². The summed E-state index contributed by atoms with van der Waals surface area (Å²) < 4.78 is 12.5. The van der Waals surface area contributed by atoms with Gasteiger partial charge in [0.1, 0.15) is 0 Å². The molecule has 0 unspecified atom stereocenters. The van der Waals surface area contributed by atoms with E-state index in [9.17, 15) is 9.18 Å². The molecule has 1 aromatic rings. The van der Waals surface area contributed by atoms with Crippen LogP contribution >= 0.6 is 0 Å². The van der Waals surface area contributed by atoms with Gasteiger partial charge in [-0.1, -0.05) is 6.07 Å². The van der Waals surface area contributed by atoms with Gasteiger partial charge < -0.3 is 0 Å². The van der Waals surface area contributed by atoms with E-state index in [-0.39, 0.29) is 12.0 Å². The van der Waals surface area contributed by atoms with Gasteiger partial charge in [0, 0.05) is 18.2 Å². The zero-order valence-electron chi connectivity index (χ0n) is 5.17. The fraction of sp³-hybridized carbons (Fsp3) is 0.143. The third-order valence-corrected chi connectivity index (χ3v) is 1.10. The first-order valence-corrected chi connectivity index (χ1v) is 2.79. The Morgan fingerprint density at radius 1 is 1.70 bits per heavy atom. The van der Waals surface area contributed by atoms with Crippen molar-refractivity contribution in [2.75, 3.05) is 0 Å². The average Bonchev–Trinajstić information content (AvgIpc) is 1.94. The number of aromatic nitrogens is 1. The summed E-state index contributed by atoms with van der Waals surface area (Å²) >= 11 is 0. The molecule has 3 heteroatoms. The van der Waals surface area contributed by atoms with E-state index in [2.05, 4.69) is 4.98 Å². The Labute approximate surface area is 57.7 Å². The van der Waals surface area contributed by atoms with E-state index in [0.717, 1.165) is 0 Å². The summed E-state index contributed by atoms with van der Waals surface area (Å²) in [5, 5.41) is 0. The fourth-order valence-electron chi connectivity index (χ4n) is 0.629. The van der Waals surface area contributed by atoms with Gasteiger partial charge in [-0.15, -0.1) is 0 Å². The van der Waals surface area contributed by atoms with Gasteiger partial charge in [0.25, 0.3) is 0 Å². The Hall–Kier alpha value is -1.25. The summed E-state index contributed by atoms with van der Waals surface area (Å²) in [5.41, 5.74) is 0.289. The smallest absolute Gasteiger partial charge is 0.216 e. The van der Waals surface area contributed by atoms with Crippen LogP contribution in [-0.4, -0.2) is 11.3 Å². The second kappa shape index (κ2) is 3.06. The van der Waals surface area contributed by atoms with Gasteiger partial charge >= 0.3 is 0 Å². The molecule has 0 N–H and O–H groups in total. The van der Waals surface area contributed by atoms with Gasteiger partial charge in [-0.05, 0) is 6.07 Å². The molecule has 1 radical (unpaired) electrons. The molecule has 10 heavy (non-hydrogen) atoms. The lowest BCUT2D eigenvalue weighted by atomic mass is 10.2. The predicted molar refractivity (Wildman–Crippen MR) is 33.6 cm³/mol. The highest BCUT2D eigenvalue weighted by atomic mass is 19.1. The summed E-state index contributed by atoms with van der Waals surface area (Å²) in [5.74, 6) is -0.592. The fourth-order valence-corrected chi connectivity index (χ4v) is 0.629. The quantitative estimate of drug-likeness (QED) is 0.567. The monoisotopic (exact) mass is 138 g/mol. The number of hydrogen-bond donors (Lipinski definition) is 0. The Bertz CT molecular complexity index is 237. The van der Waals surface area contributed by atoms with Crippen LogP contribution in [0.25, 0.3) is 0 Å². The largest absolute Gasteiger partial charge is 0.291 e. The lowest BCUT2D eigenvalue weighted by Gasteiger charge is -1.92. The van der Waals surface area contributed by atoms with Crippen LogP contribution < -0.4 is 0 Å². The van der Waals surface area contributed by atoms with Crippen molar-refractivity contribution in [3.05, 3.63) is 29.8 Å². The Balaban J connectivity index is 2.91. The zero-order chi connectivity index (χ0) is 7.40. The van der Waals surface area contributed by atoms with Crippen LogP contribution in [0.15, 0.2) is 18.3 Å². The molecular formula is C7H5FNO. The molecule has 0 atom stereocenters. The average molecular weight is 138 g/mol. The Kier molecular flexibility index (Phi) is 2.10. The van der Waals surface area contributed by atoms with Crippen LogP contribution in [-0.2, 0) is 11.2 Å². The Morgan fingerprint density at radius 3 is 3.10 bits per heavy atom. The zero-order valence-corrected chi connectivity index (χ0v) is 5.17. The molecule has 0 fully saturated rings. The number of carbonyl (C=O) groups excluding carboxylic acids is 1. The highest BCUT2D eigenvalue weighted by Gasteiger charge is 1.99. The maximum Gasteiger partial charge on any atom is 0.216 e. The van der Waals surface area contributed by atoms with Gasteiger partial charge in [0.15, 0.2) is 0 Å². The van der Waals surface area contributed by atoms with E-state index in [1.165, 1.54) is 12.3 Å². The van der Waals surface area contributed by atoms with Crippen molar-refractivity contribution < 1.29 is 9.18 Å². The standard InChI is InChI=1S/C7H5FNO/c8-7-6(3-5-10)2-1-4-9-7/h1-2,4H,3H2. The third-order valence-electron chi connectivity index (χ3n) is 1.10. The molecule has 0 aliphatic heterocycles. The van der Waals surface area contributed by atoms with Crippen LogP contribution in [0.3, 0.4) is 0 Å². The van der Waals surface area contributed by atoms with Crippen LogP contribution in [0.4, 0.5) is 4.39 Å². The maximum atomic E-state index is 12.5. The summed E-state index contributed by atoms with van der Waals surface area (Å²) in [6, 6.07) is 3.09. The van der Waals surface area contributed by atoms with Crippen molar-refractivity contribution in [1.29, 1.82) is 0 Å². The molecule has 0 amide bonds.